The largest absolute Gasteiger partial charge is 0.352 e. The van der Waals surface area contributed by atoms with Crippen molar-refractivity contribution < 1.29 is 4.79 Å². The summed E-state index contributed by atoms with van der Waals surface area (Å²) in [4.78, 5) is 16.0. The molecule has 0 unspecified atom stereocenters. The van der Waals surface area contributed by atoms with Crippen LogP contribution < -0.4 is 5.32 Å². The third-order valence-corrected chi connectivity index (χ3v) is 3.88. The number of pyridine rings is 1. The Hall–Kier alpha value is -1.52. The van der Waals surface area contributed by atoms with E-state index in [1.54, 1.807) is 42.2 Å². The van der Waals surface area contributed by atoms with Gasteiger partial charge >= 0.3 is 0 Å². The van der Waals surface area contributed by atoms with Gasteiger partial charge in [-0.05, 0) is 42.8 Å². The predicted molar refractivity (Wildman–Crippen MR) is 83.4 cm³/mol. The average molecular weight is 307 g/mol. The maximum Gasteiger partial charge on any atom is 0.251 e. The number of hydrogen-bond donors (Lipinski definition) is 1. The van der Waals surface area contributed by atoms with Gasteiger partial charge < -0.3 is 5.32 Å². The smallest absolute Gasteiger partial charge is 0.251 e. The molecule has 3 nitrogen and oxygen atoms in total. The highest BCUT2D eigenvalue weighted by atomic mass is 35.5. The lowest BCUT2D eigenvalue weighted by molar-refractivity contribution is 0.0954. The summed E-state index contributed by atoms with van der Waals surface area (Å²) in [7, 11) is 0. The van der Waals surface area contributed by atoms with Crippen LogP contribution in [0, 0.1) is 0 Å². The predicted octanol–water partition coefficient (Wildman–Crippen LogP) is 3.65. The Morgan fingerprint density at radius 1 is 1.20 bits per heavy atom. The summed E-state index contributed by atoms with van der Waals surface area (Å²) in [5, 5.41) is 4.53. The lowest BCUT2D eigenvalue weighted by Crippen LogP contribution is -2.24. The van der Waals surface area contributed by atoms with E-state index in [0.29, 0.717) is 17.1 Å². The van der Waals surface area contributed by atoms with Crippen LogP contribution >= 0.6 is 23.4 Å². The van der Waals surface area contributed by atoms with E-state index < -0.39 is 0 Å². The molecule has 0 aliphatic heterocycles. The second kappa shape index (κ2) is 7.92. The molecule has 0 saturated carbocycles. The Bertz CT molecular complexity index is 546. The van der Waals surface area contributed by atoms with Crippen LogP contribution in [0.25, 0.3) is 0 Å². The van der Waals surface area contributed by atoms with Crippen molar-refractivity contribution in [2.24, 2.45) is 0 Å². The second-order valence-corrected chi connectivity index (χ2v) is 5.68. The van der Waals surface area contributed by atoms with Crippen LogP contribution in [0.5, 0.6) is 0 Å². The van der Waals surface area contributed by atoms with Crippen molar-refractivity contribution in [3.63, 3.8) is 0 Å². The quantitative estimate of drug-likeness (QED) is 0.654. The summed E-state index contributed by atoms with van der Waals surface area (Å²) in [5.74, 6) is 0.863. The number of amides is 1. The van der Waals surface area contributed by atoms with Crippen LogP contribution in [0.3, 0.4) is 0 Å². The summed E-state index contributed by atoms with van der Waals surface area (Å²) in [6.07, 6.45) is 2.69. The number of aromatic nitrogens is 1. The van der Waals surface area contributed by atoms with Crippen LogP contribution in [0.4, 0.5) is 0 Å². The van der Waals surface area contributed by atoms with Crippen molar-refractivity contribution >= 4 is 29.3 Å². The van der Waals surface area contributed by atoms with Gasteiger partial charge in [0, 0.05) is 29.1 Å². The van der Waals surface area contributed by atoms with Crippen molar-refractivity contribution in [3.05, 3.63) is 59.2 Å². The van der Waals surface area contributed by atoms with Gasteiger partial charge in [0.25, 0.3) is 5.91 Å². The fraction of sp³-hybridized carbons (Fsp3) is 0.200. The van der Waals surface area contributed by atoms with E-state index >= 15 is 0 Å². The number of benzene rings is 1. The molecule has 1 heterocycles. The molecule has 0 atom stereocenters. The van der Waals surface area contributed by atoms with Crippen LogP contribution in [-0.4, -0.2) is 23.2 Å². The molecule has 2 aromatic rings. The molecule has 1 amide bonds. The zero-order valence-electron chi connectivity index (χ0n) is 10.9. The first kappa shape index (κ1) is 14.9. The van der Waals surface area contributed by atoms with E-state index in [2.05, 4.69) is 10.3 Å². The van der Waals surface area contributed by atoms with Crippen molar-refractivity contribution in [2.45, 2.75) is 11.4 Å². The summed E-state index contributed by atoms with van der Waals surface area (Å²) < 4.78 is 0. The lowest BCUT2D eigenvalue weighted by Gasteiger charge is -2.05. The van der Waals surface area contributed by atoms with E-state index in [-0.39, 0.29) is 5.91 Å². The van der Waals surface area contributed by atoms with E-state index in [0.717, 1.165) is 17.2 Å². The number of nitrogens with one attached hydrogen (secondary N) is 1. The van der Waals surface area contributed by atoms with Gasteiger partial charge in [-0.1, -0.05) is 17.7 Å². The second-order valence-electron chi connectivity index (χ2n) is 4.13. The van der Waals surface area contributed by atoms with Gasteiger partial charge in [-0.2, -0.15) is 0 Å². The first-order valence-corrected chi connectivity index (χ1v) is 7.69. The molecule has 0 fully saturated rings. The van der Waals surface area contributed by atoms with Crippen molar-refractivity contribution in [3.8, 4) is 0 Å². The van der Waals surface area contributed by atoms with Crippen LogP contribution in [0.1, 0.15) is 16.8 Å². The van der Waals surface area contributed by atoms with E-state index in [1.807, 2.05) is 18.2 Å². The number of carbonyl (C=O) groups is 1. The molecule has 1 N–H and O–H groups in total. The molecule has 104 valence electrons. The van der Waals surface area contributed by atoms with Crippen LogP contribution in [0.15, 0.2) is 53.7 Å². The molecule has 5 heteroatoms. The minimum absolute atomic E-state index is 0.0653. The Kier molecular flexibility index (Phi) is 5.89. The minimum Gasteiger partial charge on any atom is -0.352 e. The number of nitrogens with zero attached hydrogens (tertiary/aromatic N) is 1. The number of halogens is 1. The summed E-state index contributed by atoms with van der Waals surface area (Å²) in [5.41, 5.74) is 0.631. The van der Waals surface area contributed by atoms with Gasteiger partial charge in [0.1, 0.15) is 0 Å². The van der Waals surface area contributed by atoms with Gasteiger partial charge in [0.2, 0.25) is 0 Å². The fourth-order valence-corrected chi connectivity index (χ4v) is 2.52. The number of thioether (sulfide) groups is 1. The molecule has 0 spiro atoms. The Labute approximate surface area is 127 Å². The van der Waals surface area contributed by atoms with Crippen molar-refractivity contribution in [1.29, 1.82) is 0 Å². The normalized spacial score (nSPS) is 10.2. The number of carbonyl (C=O) groups excluding carboxylic acids is 1. The molecule has 1 aromatic carbocycles. The van der Waals surface area contributed by atoms with E-state index in [4.69, 9.17) is 11.6 Å². The van der Waals surface area contributed by atoms with Crippen LogP contribution in [0.2, 0.25) is 5.02 Å². The van der Waals surface area contributed by atoms with Crippen molar-refractivity contribution in [1.82, 2.24) is 10.3 Å². The molecule has 0 aliphatic rings. The van der Waals surface area contributed by atoms with Crippen LogP contribution in [-0.2, 0) is 0 Å². The Balaban J connectivity index is 1.66. The minimum atomic E-state index is -0.0653. The van der Waals surface area contributed by atoms with E-state index in [9.17, 15) is 4.79 Å². The Morgan fingerprint density at radius 3 is 2.70 bits per heavy atom. The summed E-state index contributed by atoms with van der Waals surface area (Å²) in [6, 6.07) is 12.7. The summed E-state index contributed by atoms with van der Waals surface area (Å²) in [6.45, 7) is 0.654. The lowest BCUT2D eigenvalue weighted by atomic mass is 10.2. The monoisotopic (exact) mass is 306 g/mol. The topological polar surface area (TPSA) is 42.0 Å². The SMILES string of the molecule is O=C(NCCCSc1ccccn1)c1ccc(Cl)cc1. The molecular weight excluding hydrogens is 292 g/mol. The molecule has 0 radical (unpaired) electrons. The number of hydrogen-bond acceptors (Lipinski definition) is 3. The van der Waals surface area contributed by atoms with E-state index in [1.165, 1.54) is 0 Å². The zero-order chi connectivity index (χ0) is 14.2. The first-order valence-electron chi connectivity index (χ1n) is 6.33. The molecule has 0 bridgehead atoms. The van der Waals surface area contributed by atoms with Crippen molar-refractivity contribution in [2.75, 3.05) is 12.3 Å². The average Bonchev–Trinajstić information content (AvgIpc) is 2.48. The number of rotatable bonds is 6. The molecule has 0 saturated heterocycles. The fourth-order valence-electron chi connectivity index (χ4n) is 1.59. The highest BCUT2D eigenvalue weighted by molar-refractivity contribution is 7.99. The standard InChI is InChI=1S/C15H15ClN2OS/c16-13-7-5-12(6-8-13)15(19)18-10-3-11-20-14-4-1-2-9-17-14/h1-2,4-9H,3,10-11H2,(H,18,19). The third kappa shape index (κ3) is 4.87. The maximum absolute atomic E-state index is 11.8. The maximum atomic E-state index is 11.8. The zero-order valence-corrected chi connectivity index (χ0v) is 12.5. The first-order chi connectivity index (χ1) is 9.75. The van der Waals surface area contributed by atoms with Gasteiger partial charge in [-0.15, -0.1) is 11.8 Å². The Morgan fingerprint density at radius 2 is 2.00 bits per heavy atom. The highest BCUT2D eigenvalue weighted by Crippen LogP contribution is 2.14. The highest BCUT2D eigenvalue weighted by Gasteiger charge is 2.04. The molecule has 20 heavy (non-hydrogen) atoms. The molecule has 2 rings (SSSR count). The van der Waals surface area contributed by atoms with Gasteiger partial charge in [-0.25, -0.2) is 4.98 Å². The summed E-state index contributed by atoms with van der Waals surface area (Å²) >= 11 is 7.47. The van der Waals surface area contributed by atoms with Gasteiger partial charge in [0.15, 0.2) is 0 Å². The molecule has 0 aliphatic carbocycles. The van der Waals surface area contributed by atoms with Gasteiger partial charge in [-0.3, -0.25) is 4.79 Å². The molecule has 1 aromatic heterocycles. The molecular formula is C15H15ClN2OS. The third-order valence-electron chi connectivity index (χ3n) is 2.60. The van der Waals surface area contributed by atoms with Gasteiger partial charge in [0.05, 0.1) is 5.03 Å².